The standard InChI is InChI=1S/C15H26O/c1-8-5-6-10-14(15(10,3)4)13-9(2)7-11(16)12(8)13/h8-14,16H,5-7H2,1-4H3/t8?,9-,10?,11-,12?,13?,14?/m1/s1. The van der Waals surface area contributed by atoms with Crippen LogP contribution in [0.5, 0.6) is 0 Å². The summed E-state index contributed by atoms with van der Waals surface area (Å²) in [4.78, 5) is 0. The van der Waals surface area contributed by atoms with Crippen molar-refractivity contribution in [1.82, 2.24) is 0 Å². The molecule has 0 aromatic rings. The third-order valence-corrected chi connectivity index (χ3v) is 6.30. The topological polar surface area (TPSA) is 20.2 Å². The van der Waals surface area contributed by atoms with Crippen LogP contribution >= 0.6 is 0 Å². The lowest BCUT2D eigenvalue weighted by atomic mass is 9.76. The van der Waals surface area contributed by atoms with Gasteiger partial charge in [-0.3, -0.25) is 0 Å². The molecule has 0 saturated heterocycles. The van der Waals surface area contributed by atoms with E-state index in [0.29, 0.717) is 11.3 Å². The van der Waals surface area contributed by atoms with Gasteiger partial charge in [-0.2, -0.15) is 0 Å². The van der Waals surface area contributed by atoms with Crippen LogP contribution in [-0.4, -0.2) is 11.2 Å². The lowest BCUT2D eigenvalue weighted by Gasteiger charge is -2.29. The first-order valence-corrected chi connectivity index (χ1v) is 7.12. The van der Waals surface area contributed by atoms with Crippen molar-refractivity contribution < 1.29 is 5.11 Å². The van der Waals surface area contributed by atoms with Crippen LogP contribution in [0, 0.1) is 40.9 Å². The molecule has 1 N–H and O–H groups in total. The molecule has 0 aliphatic heterocycles. The summed E-state index contributed by atoms with van der Waals surface area (Å²) in [5, 5.41) is 10.3. The molecule has 3 saturated carbocycles. The van der Waals surface area contributed by atoms with Crippen molar-refractivity contribution in [2.75, 3.05) is 0 Å². The Hall–Kier alpha value is -0.0400. The van der Waals surface area contributed by atoms with Crippen LogP contribution in [-0.2, 0) is 0 Å². The van der Waals surface area contributed by atoms with Gasteiger partial charge in [0.1, 0.15) is 0 Å². The molecule has 7 atom stereocenters. The molecule has 0 aromatic heterocycles. The Morgan fingerprint density at radius 1 is 1.00 bits per heavy atom. The minimum atomic E-state index is -0.00912. The Labute approximate surface area is 99.6 Å². The monoisotopic (exact) mass is 222 g/mol. The van der Waals surface area contributed by atoms with E-state index >= 15 is 0 Å². The molecule has 3 aliphatic rings. The van der Waals surface area contributed by atoms with Gasteiger partial charge in [-0.15, -0.1) is 0 Å². The molecule has 0 spiro atoms. The zero-order valence-electron chi connectivity index (χ0n) is 11.1. The summed E-state index contributed by atoms with van der Waals surface area (Å²) < 4.78 is 0. The maximum absolute atomic E-state index is 10.3. The predicted octanol–water partition coefficient (Wildman–Crippen LogP) is 3.32. The van der Waals surface area contributed by atoms with E-state index in [1.165, 1.54) is 12.8 Å². The fraction of sp³-hybridized carbons (Fsp3) is 1.00. The van der Waals surface area contributed by atoms with Crippen molar-refractivity contribution in [3.05, 3.63) is 0 Å². The van der Waals surface area contributed by atoms with Crippen molar-refractivity contribution >= 4 is 0 Å². The second-order valence-electron chi connectivity index (χ2n) is 7.44. The summed E-state index contributed by atoms with van der Waals surface area (Å²) in [6.07, 6.45) is 3.80. The van der Waals surface area contributed by atoms with E-state index in [2.05, 4.69) is 27.7 Å². The Morgan fingerprint density at radius 3 is 2.38 bits per heavy atom. The van der Waals surface area contributed by atoms with Gasteiger partial charge in [0.05, 0.1) is 6.10 Å². The second-order valence-corrected chi connectivity index (χ2v) is 7.44. The summed E-state index contributed by atoms with van der Waals surface area (Å²) in [6.45, 7) is 9.65. The Balaban J connectivity index is 1.93. The minimum Gasteiger partial charge on any atom is -0.393 e. The van der Waals surface area contributed by atoms with E-state index in [9.17, 15) is 5.11 Å². The molecule has 92 valence electrons. The van der Waals surface area contributed by atoms with Crippen molar-refractivity contribution in [3.8, 4) is 0 Å². The molecular weight excluding hydrogens is 196 g/mol. The smallest absolute Gasteiger partial charge is 0.0576 e. The van der Waals surface area contributed by atoms with E-state index in [0.717, 1.165) is 36.0 Å². The molecule has 0 amide bonds. The van der Waals surface area contributed by atoms with Crippen molar-refractivity contribution in [2.24, 2.45) is 40.9 Å². The second kappa shape index (κ2) is 3.25. The predicted molar refractivity (Wildman–Crippen MR) is 65.9 cm³/mol. The molecule has 3 rings (SSSR count). The van der Waals surface area contributed by atoms with Gasteiger partial charge in [-0.25, -0.2) is 0 Å². The highest BCUT2D eigenvalue weighted by molar-refractivity contribution is 5.13. The molecular formula is C15H26O. The first-order valence-electron chi connectivity index (χ1n) is 7.12. The van der Waals surface area contributed by atoms with Gasteiger partial charge in [-0.1, -0.05) is 34.1 Å². The molecule has 0 bridgehead atoms. The van der Waals surface area contributed by atoms with E-state index in [1.54, 1.807) is 0 Å². The first kappa shape index (κ1) is 11.1. The maximum atomic E-state index is 10.3. The number of fused-ring (bicyclic) bond motifs is 3. The molecule has 1 heteroatoms. The van der Waals surface area contributed by atoms with Gasteiger partial charge in [0.2, 0.25) is 0 Å². The zero-order valence-corrected chi connectivity index (χ0v) is 11.1. The molecule has 3 aliphatic carbocycles. The quantitative estimate of drug-likeness (QED) is 0.666. The van der Waals surface area contributed by atoms with Crippen LogP contribution in [0.15, 0.2) is 0 Å². The lowest BCUT2D eigenvalue weighted by molar-refractivity contribution is 0.0739. The largest absolute Gasteiger partial charge is 0.393 e. The summed E-state index contributed by atoms with van der Waals surface area (Å²) >= 11 is 0. The first-order chi connectivity index (χ1) is 7.44. The third-order valence-electron chi connectivity index (χ3n) is 6.30. The van der Waals surface area contributed by atoms with Crippen molar-refractivity contribution in [3.63, 3.8) is 0 Å². The zero-order chi connectivity index (χ0) is 11.7. The number of hydrogen-bond acceptors (Lipinski definition) is 1. The van der Waals surface area contributed by atoms with Crippen LogP contribution in [0.2, 0.25) is 0 Å². The van der Waals surface area contributed by atoms with Gasteiger partial charge in [0.15, 0.2) is 0 Å². The van der Waals surface area contributed by atoms with Gasteiger partial charge >= 0.3 is 0 Å². The molecule has 0 aromatic carbocycles. The average Bonchev–Trinajstić information content (AvgIpc) is 2.65. The number of hydrogen-bond donors (Lipinski definition) is 1. The van der Waals surface area contributed by atoms with Crippen molar-refractivity contribution in [2.45, 2.75) is 53.1 Å². The van der Waals surface area contributed by atoms with Crippen LogP contribution in [0.3, 0.4) is 0 Å². The van der Waals surface area contributed by atoms with Crippen LogP contribution < -0.4 is 0 Å². The molecule has 0 heterocycles. The van der Waals surface area contributed by atoms with Crippen LogP contribution in [0.25, 0.3) is 0 Å². The highest BCUT2D eigenvalue weighted by Gasteiger charge is 2.65. The Kier molecular flexibility index (Phi) is 2.25. The van der Waals surface area contributed by atoms with Gasteiger partial charge in [0.25, 0.3) is 0 Å². The van der Waals surface area contributed by atoms with Gasteiger partial charge in [0, 0.05) is 0 Å². The fourth-order valence-corrected chi connectivity index (χ4v) is 5.42. The summed E-state index contributed by atoms with van der Waals surface area (Å²) in [5.41, 5.74) is 0.571. The maximum Gasteiger partial charge on any atom is 0.0576 e. The molecule has 16 heavy (non-hydrogen) atoms. The highest BCUT2D eigenvalue weighted by Crippen LogP contribution is 2.70. The molecule has 5 unspecified atom stereocenters. The minimum absolute atomic E-state index is 0.00912. The normalized spacial score (nSPS) is 58.7. The number of aliphatic hydroxyl groups is 1. The van der Waals surface area contributed by atoms with E-state index < -0.39 is 0 Å². The lowest BCUT2D eigenvalue weighted by Crippen LogP contribution is -2.28. The van der Waals surface area contributed by atoms with E-state index in [-0.39, 0.29) is 6.10 Å². The average molecular weight is 222 g/mol. The van der Waals surface area contributed by atoms with E-state index in [1.807, 2.05) is 0 Å². The Bertz CT molecular complexity index is 296. The fourth-order valence-electron chi connectivity index (χ4n) is 5.42. The summed E-state index contributed by atoms with van der Waals surface area (Å²) in [6, 6.07) is 0. The van der Waals surface area contributed by atoms with Crippen LogP contribution in [0.1, 0.15) is 47.0 Å². The Morgan fingerprint density at radius 2 is 1.69 bits per heavy atom. The molecule has 1 nitrogen and oxygen atoms in total. The molecule has 0 radical (unpaired) electrons. The van der Waals surface area contributed by atoms with Crippen molar-refractivity contribution in [1.29, 1.82) is 0 Å². The third kappa shape index (κ3) is 1.27. The summed E-state index contributed by atoms with van der Waals surface area (Å²) in [7, 11) is 0. The highest BCUT2D eigenvalue weighted by atomic mass is 16.3. The summed E-state index contributed by atoms with van der Waals surface area (Å²) in [5.74, 6) is 4.77. The molecule has 3 fully saturated rings. The SMILES string of the molecule is CC1CCC2C(C3C1[C@H](O)C[C@H]3C)C2(C)C. The number of rotatable bonds is 0. The van der Waals surface area contributed by atoms with E-state index in [4.69, 9.17) is 0 Å². The van der Waals surface area contributed by atoms with Gasteiger partial charge in [-0.05, 0) is 53.8 Å². The number of aliphatic hydroxyl groups excluding tert-OH is 1. The van der Waals surface area contributed by atoms with Crippen LogP contribution in [0.4, 0.5) is 0 Å². The van der Waals surface area contributed by atoms with Gasteiger partial charge < -0.3 is 5.11 Å².